The molecule has 0 spiro atoms. The van der Waals surface area contributed by atoms with Crippen molar-refractivity contribution in [1.82, 2.24) is 5.32 Å². The smallest absolute Gasteiger partial charge is 0.337 e. The molecule has 1 unspecified atom stereocenters. The fraction of sp³-hybridized carbons (Fsp3) is 0.500. The van der Waals surface area contributed by atoms with Crippen LogP contribution in [0, 0.1) is 0 Å². The molecule has 1 fully saturated rings. The van der Waals surface area contributed by atoms with Crippen LogP contribution in [0.5, 0.6) is 0 Å². The topological polar surface area (TPSA) is 56.8 Å². The normalized spacial score (nSPS) is 19.1. The number of rotatable bonds is 5. The minimum absolute atomic E-state index is 0.128. The second-order valence-corrected chi connectivity index (χ2v) is 4.40. The third kappa shape index (κ3) is 4.31. The van der Waals surface area contributed by atoms with Gasteiger partial charge in [0.1, 0.15) is 0 Å². The van der Waals surface area contributed by atoms with Crippen molar-refractivity contribution in [2.24, 2.45) is 0 Å². The van der Waals surface area contributed by atoms with E-state index in [1.54, 1.807) is 12.1 Å². The van der Waals surface area contributed by atoms with Gasteiger partial charge in [-0.25, -0.2) is 4.79 Å². The fourth-order valence-corrected chi connectivity index (χ4v) is 1.89. The van der Waals surface area contributed by atoms with Crippen LogP contribution in [0.1, 0.15) is 15.9 Å². The number of benzene rings is 1. The molecular weight excluding hydrogens is 246 g/mol. The summed E-state index contributed by atoms with van der Waals surface area (Å²) in [5.74, 6) is -0.325. The molecule has 104 valence electrons. The van der Waals surface area contributed by atoms with Crippen molar-refractivity contribution < 1.29 is 19.0 Å². The van der Waals surface area contributed by atoms with Gasteiger partial charge in [-0.1, -0.05) is 12.1 Å². The van der Waals surface area contributed by atoms with Crippen molar-refractivity contribution >= 4 is 5.97 Å². The fourth-order valence-electron chi connectivity index (χ4n) is 1.89. The Kier molecular flexibility index (Phi) is 5.32. The van der Waals surface area contributed by atoms with Crippen LogP contribution >= 0.6 is 0 Å². The highest BCUT2D eigenvalue weighted by molar-refractivity contribution is 5.89. The summed E-state index contributed by atoms with van der Waals surface area (Å²) < 4.78 is 15.8. The molecule has 1 aromatic carbocycles. The number of morpholine rings is 1. The van der Waals surface area contributed by atoms with Crippen molar-refractivity contribution in [3.05, 3.63) is 35.4 Å². The molecule has 1 aromatic rings. The largest absolute Gasteiger partial charge is 0.465 e. The maximum absolute atomic E-state index is 11.3. The van der Waals surface area contributed by atoms with E-state index in [0.29, 0.717) is 18.8 Å². The number of nitrogens with one attached hydrogen (secondary N) is 1. The zero-order valence-corrected chi connectivity index (χ0v) is 11.1. The number of hydrogen-bond acceptors (Lipinski definition) is 5. The lowest BCUT2D eigenvalue weighted by Gasteiger charge is -2.23. The second kappa shape index (κ2) is 7.23. The summed E-state index contributed by atoms with van der Waals surface area (Å²) in [5.41, 5.74) is 1.57. The molecule has 1 aliphatic rings. The van der Waals surface area contributed by atoms with Crippen LogP contribution in [0.2, 0.25) is 0 Å². The Bertz CT molecular complexity index is 398. The maximum Gasteiger partial charge on any atom is 0.337 e. The number of carbonyl (C=O) groups excluding carboxylic acids is 1. The number of ether oxygens (including phenoxy) is 3. The van der Waals surface area contributed by atoms with Crippen LogP contribution in [-0.4, -0.2) is 45.5 Å². The standard InChI is InChI=1S/C14H19NO4/c1-17-14(16)12-4-2-11(3-5-12)9-18-10-13-8-15-6-7-19-13/h2-5,13,15H,6-10H2,1H3. The molecule has 1 aliphatic heterocycles. The Morgan fingerprint density at radius 3 is 2.84 bits per heavy atom. The lowest BCUT2D eigenvalue weighted by molar-refractivity contribution is -0.0357. The molecule has 0 aliphatic carbocycles. The number of esters is 1. The molecule has 19 heavy (non-hydrogen) atoms. The molecule has 0 radical (unpaired) electrons. The van der Waals surface area contributed by atoms with E-state index >= 15 is 0 Å². The van der Waals surface area contributed by atoms with Gasteiger partial charge in [-0.05, 0) is 17.7 Å². The zero-order valence-electron chi connectivity index (χ0n) is 11.1. The molecule has 1 saturated heterocycles. The van der Waals surface area contributed by atoms with Gasteiger partial charge in [0.15, 0.2) is 0 Å². The average molecular weight is 265 g/mol. The third-order valence-electron chi connectivity index (χ3n) is 2.95. The van der Waals surface area contributed by atoms with Gasteiger partial charge in [0.05, 0.1) is 38.6 Å². The minimum Gasteiger partial charge on any atom is -0.465 e. The lowest BCUT2D eigenvalue weighted by Crippen LogP contribution is -2.40. The Morgan fingerprint density at radius 2 is 2.21 bits per heavy atom. The van der Waals surface area contributed by atoms with Gasteiger partial charge in [0.2, 0.25) is 0 Å². The summed E-state index contributed by atoms with van der Waals surface area (Å²) in [6, 6.07) is 7.21. The van der Waals surface area contributed by atoms with E-state index in [1.165, 1.54) is 7.11 Å². The van der Waals surface area contributed by atoms with Crippen LogP contribution < -0.4 is 5.32 Å². The Morgan fingerprint density at radius 1 is 1.42 bits per heavy atom. The van der Waals surface area contributed by atoms with Crippen molar-refractivity contribution in [1.29, 1.82) is 0 Å². The summed E-state index contributed by atoms with van der Waals surface area (Å²) in [7, 11) is 1.37. The SMILES string of the molecule is COC(=O)c1ccc(COCC2CNCCO2)cc1. The Balaban J connectivity index is 1.75. The maximum atomic E-state index is 11.3. The highest BCUT2D eigenvalue weighted by atomic mass is 16.5. The molecule has 0 aromatic heterocycles. The van der Waals surface area contributed by atoms with Gasteiger partial charge in [0.25, 0.3) is 0 Å². The molecule has 0 saturated carbocycles. The molecular formula is C14H19NO4. The van der Waals surface area contributed by atoms with E-state index in [9.17, 15) is 4.79 Å². The Hall–Kier alpha value is -1.43. The summed E-state index contributed by atoms with van der Waals surface area (Å²) in [6.07, 6.45) is 0.128. The van der Waals surface area contributed by atoms with Crippen LogP contribution in [-0.2, 0) is 20.8 Å². The van der Waals surface area contributed by atoms with Gasteiger partial charge in [-0.3, -0.25) is 0 Å². The number of carbonyl (C=O) groups is 1. The van der Waals surface area contributed by atoms with Crippen LogP contribution in [0.4, 0.5) is 0 Å². The van der Waals surface area contributed by atoms with Gasteiger partial charge in [-0.2, -0.15) is 0 Å². The first kappa shape index (κ1) is 14.0. The van der Waals surface area contributed by atoms with E-state index in [-0.39, 0.29) is 12.1 Å². The summed E-state index contributed by atoms with van der Waals surface area (Å²) in [5, 5.41) is 3.25. The van der Waals surface area contributed by atoms with E-state index in [0.717, 1.165) is 25.3 Å². The zero-order chi connectivity index (χ0) is 13.5. The van der Waals surface area contributed by atoms with E-state index in [4.69, 9.17) is 9.47 Å². The first-order valence-corrected chi connectivity index (χ1v) is 6.37. The van der Waals surface area contributed by atoms with Crippen molar-refractivity contribution in [2.75, 3.05) is 33.4 Å². The predicted octanol–water partition coefficient (Wildman–Crippen LogP) is 0.978. The Labute approximate surface area is 112 Å². The summed E-state index contributed by atoms with van der Waals surface area (Å²) >= 11 is 0. The quantitative estimate of drug-likeness (QED) is 0.804. The molecule has 1 N–H and O–H groups in total. The van der Waals surface area contributed by atoms with Crippen LogP contribution in [0.15, 0.2) is 24.3 Å². The van der Waals surface area contributed by atoms with E-state index in [1.807, 2.05) is 12.1 Å². The van der Waals surface area contributed by atoms with Gasteiger partial charge < -0.3 is 19.5 Å². The molecule has 2 rings (SSSR count). The van der Waals surface area contributed by atoms with Crippen molar-refractivity contribution in [3.63, 3.8) is 0 Å². The predicted molar refractivity (Wildman–Crippen MR) is 70.0 cm³/mol. The lowest BCUT2D eigenvalue weighted by atomic mass is 10.1. The van der Waals surface area contributed by atoms with E-state index < -0.39 is 0 Å². The van der Waals surface area contributed by atoms with Gasteiger partial charge in [0, 0.05) is 13.1 Å². The van der Waals surface area contributed by atoms with Gasteiger partial charge in [-0.15, -0.1) is 0 Å². The third-order valence-corrected chi connectivity index (χ3v) is 2.95. The highest BCUT2D eigenvalue weighted by Crippen LogP contribution is 2.07. The first-order valence-electron chi connectivity index (χ1n) is 6.37. The second-order valence-electron chi connectivity index (χ2n) is 4.40. The molecule has 1 atom stereocenters. The monoisotopic (exact) mass is 265 g/mol. The first-order chi connectivity index (χ1) is 9.29. The van der Waals surface area contributed by atoms with Crippen molar-refractivity contribution in [3.8, 4) is 0 Å². The van der Waals surface area contributed by atoms with Crippen LogP contribution in [0.25, 0.3) is 0 Å². The number of hydrogen-bond donors (Lipinski definition) is 1. The highest BCUT2D eigenvalue weighted by Gasteiger charge is 2.13. The average Bonchev–Trinajstić information content (AvgIpc) is 2.48. The van der Waals surface area contributed by atoms with E-state index in [2.05, 4.69) is 10.1 Å². The summed E-state index contributed by atoms with van der Waals surface area (Å²) in [6.45, 7) is 3.57. The molecule has 5 heteroatoms. The van der Waals surface area contributed by atoms with Gasteiger partial charge >= 0.3 is 5.97 Å². The molecule has 5 nitrogen and oxygen atoms in total. The van der Waals surface area contributed by atoms with Crippen LogP contribution in [0.3, 0.4) is 0 Å². The number of methoxy groups -OCH3 is 1. The van der Waals surface area contributed by atoms with Crippen molar-refractivity contribution in [2.45, 2.75) is 12.7 Å². The minimum atomic E-state index is -0.325. The molecule has 1 heterocycles. The molecule has 0 bridgehead atoms. The molecule has 0 amide bonds. The summed E-state index contributed by atoms with van der Waals surface area (Å²) in [4.78, 5) is 11.3.